The maximum Gasteiger partial charge on any atom is 0.146 e. The summed E-state index contributed by atoms with van der Waals surface area (Å²) in [7, 11) is 0. The Labute approximate surface area is 105 Å². The van der Waals surface area contributed by atoms with Crippen LogP contribution in [0, 0.1) is 11.6 Å². The predicted octanol–water partition coefficient (Wildman–Crippen LogP) is 4.01. The van der Waals surface area contributed by atoms with Crippen LogP contribution >= 0.6 is 0 Å². The molecule has 3 heteroatoms. The van der Waals surface area contributed by atoms with Crippen molar-refractivity contribution in [1.82, 2.24) is 0 Å². The summed E-state index contributed by atoms with van der Waals surface area (Å²) in [5.74, 6) is -0.503. The summed E-state index contributed by atoms with van der Waals surface area (Å²) in [6.07, 6.45) is 0.717. The molecule has 18 heavy (non-hydrogen) atoms. The number of halogens is 2. The second-order valence-electron chi connectivity index (χ2n) is 4.36. The van der Waals surface area contributed by atoms with E-state index in [1.807, 2.05) is 6.92 Å². The van der Waals surface area contributed by atoms with E-state index in [1.54, 1.807) is 30.3 Å². The van der Waals surface area contributed by atoms with Gasteiger partial charge in [0.1, 0.15) is 11.6 Å². The van der Waals surface area contributed by atoms with Gasteiger partial charge in [0.2, 0.25) is 0 Å². The largest absolute Gasteiger partial charge is 0.380 e. The Bertz CT molecular complexity index is 508. The van der Waals surface area contributed by atoms with Gasteiger partial charge in [0, 0.05) is 6.04 Å². The van der Waals surface area contributed by atoms with Crippen molar-refractivity contribution in [3.63, 3.8) is 0 Å². The topological polar surface area (TPSA) is 12.0 Å². The highest BCUT2D eigenvalue weighted by molar-refractivity contribution is 5.45. The molecule has 1 nitrogen and oxygen atoms in total. The van der Waals surface area contributed by atoms with Crippen molar-refractivity contribution < 1.29 is 8.78 Å². The maximum absolute atomic E-state index is 13.4. The number of hydrogen-bond acceptors (Lipinski definition) is 1. The van der Waals surface area contributed by atoms with Crippen LogP contribution in [0.5, 0.6) is 0 Å². The molecule has 1 unspecified atom stereocenters. The van der Waals surface area contributed by atoms with Gasteiger partial charge >= 0.3 is 0 Å². The van der Waals surface area contributed by atoms with Gasteiger partial charge < -0.3 is 5.32 Å². The lowest BCUT2D eigenvalue weighted by molar-refractivity contribution is 0.624. The summed E-state index contributed by atoms with van der Waals surface area (Å²) >= 11 is 0. The van der Waals surface area contributed by atoms with Crippen LogP contribution in [0.1, 0.15) is 12.5 Å². The highest BCUT2D eigenvalue weighted by Gasteiger charge is 2.06. The van der Waals surface area contributed by atoms with Crippen molar-refractivity contribution in [2.75, 3.05) is 5.32 Å². The fourth-order valence-electron chi connectivity index (χ4n) is 1.87. The van der Waals surface area contributed by atoms with Gasteiger partial charge in [0.05, 0.1) is 5.69 Å². The monoisotopic (exact) mass is 247 g/mol. The third-order valence-electron chi connectivity index (χ3n) is 2.73. The Morgan fingerprint density at radius 1 is 1.00 bits per heavy atom. The molecule has 2 rings (SSSR count). The zero-order valence-corrected chi connectivity index (χ0v) is 10.2. The molecule has 0 aliphatic heterocycles. The van der Waals surface area contributed by atoms with E-state index in [4.69, 9.17) is 0 Å². The van der Waals surface area contributed by atoms with Crippen molar-refractivity contribution in [2.45, 2.75) is 19.4 Å². The van der Waals surface area contributed by atoms with Crippen LogP contribution in [0.4, 0.5) is 14.5 Å². The fourth-order valence-corrected chi connectivity index (χ4v) is 1.87. The van der Waals surface area contributed by atoms with Gasteiger partial charge in [-0.25, -0.2) is 8.78 Å². The van der Waals surface area contributed by atoms with Crippen LogP contribution in [0.15, 0.2) is 48.5 Å². The quantitative estimate of drug-likeness (QED) is 0.860. The third kappa shape index (κ3) is 3.29. The molecule has 2 aromatic carbocycles. The first-order valence-electron chi connectivity index (χ1n) is 5.90. The highest BCUT2D eigenvalue weighted by Crippen LogP contribution is 2.15. The average Bonchev–Trinajstić information content (AvgIpc) is 2.35. The molecule has 1 N–H and O–H groups in total. The minimum atomic E-state index is -0.261. The Kier molecular flexibility index (Phi) is 3.92. The first-order valence-corrected chi connectivity index (χ1v) is 5.90. The number of anilines is 1. The van der Waals surface area contributed by atoms with E-state index in [-0.39, 0.29) is 17.7 Å². The lowest BCUT2D eigenvalue weighted by Gasteiger charge is -2.15. The first kappa shape index (κ1) is 12.6. The minimum absolute atomic E-state index is 0.0763. The highest BCUT2D eigenvalue weighted by atomic mass is 19.1. The van der Waals surface area contributed by atoms with Crippen molar-refractivity contribution in [1.29, 1.82) is 0 Å². The molecule has 0 aliphatic rings. The Balaban J connectivity index is 1.99. The molecule has 0 saturated heterocycles. The molecule has 0 heterocycles. The summed E-state index contributed by atoms with van der Waals surface area (Å²) in [5.41, 5.74) is 1.51. The average molecular weight is 247 g/mol. The van der Waals surface area contributed by atoms with Gasteiger partial charge in [-0.1, -0.05) is 24.3 Å². The molecule has 0 amide bonds. The number of rotatable bonds is 4. The van der Waals surface area contributed by atoms with Crippen molar-refractivity contribution in [3.05, 3.63) is 65.7 Å². The van der Waals surface area contributed by atoms with Crippen LogP contribution < -0.4 is 5.32 Å². The summed E-state index contributed by atoms with van der Waals surface area (Å²) < 4.78 is 26.2. The summed E-state index contributed by atoms with van der Waals surface area (Å²) in [5, 5.41) is 3.10. The standard InChI is InChI=1S/C15H15F2N/c1-11(10-12-6-8-13(16)9-7-12)18-15-5-3-2-4-14(15)17/h2-9,11,18H,10H2,1H3. The molecule has 0 radical (unpaired) electrons. The normalized spacial score (nSPS) is 12.2. The van der Waals surface area contributed by atoms with Gasteiger partial charge in [0.25, 0.3) is 0 Å². The van der Waals surface area contributed by atoms with Crippen molar-refractivity contribution >= 4 is 5.69 Å². The predicted molar refractivity (Wildman–Crippen MR) is 69.6 cm³/mol. The van der Waals surface area contributed by atoms with Gasteiger partial charge in [-0.2, -0.15) is 0 Å². The lowest BCUT2D eigenvalue weighted by atomic mass is 10.1. The van der Waals surface area contributed by atoms with Crippen LogP contribution in [0.2, 0.25) is 0 Å². The zero-order valence-electron chi connectivity index (χ0n) is 10.2. The van der Waals surface area contributed by atoms with E-state index in [1.165, 1.54) is 18.2 Å². The number of hydrogen-bond donors (Lipinski definition) is 1. The van der Waals surface area contributed by atoms with Gasteiger partial charge in [-0.3, -0.25) is 0 Å². The van der Waals surface area contributed by atoms with Gasteiger partial charge in [0.15, 0.2) is 0 Å². The molecule has 0 bridgehead atoms. The van der Waals surface area contributed by atoms with Crippen LogP contribution in [0.25, 0.3) is 0 Å². The van der Waals surface area contributed by atoms with Crippen LogP contribution in [-0.2, 0) is 6.42 Å². The second-order valence-corrected chi connectivity index (χ2v) is 4.36. The number of nitrogens with one attached hydrogen (secondary N) is 1. The molecular formula is C15H15F2N. The Hall–Kier alpha value is -1.90. The van der Waals surface area contributed by atoms with E-state index in [0.717, 1.165) is 5.56 Å². The third-order valence-corrected chi connectivity index (χ3v) is 2.73. The molecule has 94 valence electrons. The van der Waals surface area contributed by atoms with E-state index < -0.39 is 0 Å². The van der Waals surface area contributed by atoms with E-state index in [2.05, 4.69) is 5.32 Å². The number of benzene rings is 2. The van der Waals surface area contributed by atoms with Gasteiger partial charge in [-0.05, 0) is 43.2 Å². The molecule has 0 aromatic heterocycles. The Morgan fingerprint density at radius 3 is 2.33 bits per heavy atom. The van der Waals surface area contributed by atoms with Crippen molar-refractivity contribution in [2.24, 2.45) is 0 Å². The lowest BCUT2D eigenvalue weighted by Crippen LogP contribution is -2.18. The molecule has 1 atom stereocenters. The van der Waals surface area contributed by atoms with E-state index in [0.29, 0.717) is 12.1 Å². The fraction of sp³-hybridized carbons (Fsp3) is 0.200. The van der Waals surface area contributed by atoms with Crippen LogP contribution in [-0.4, -0.2) is 6.04 Å². The molecule has 0 saturated carbocycles. The first-order chi connectivity index (χ1) is 8.65. The van der Waals surface area contributed by atoms with E-state index >= 15 is 0 Å². The van der Waals surface area contributed by atoms with Gasteiger partial charge in [-0.15, -0.1) is 0 Å². The van der Waals surface area contributed by atoms with Crippen LogP contribution in [0.3, 0.4) is 0 Å². The minimum Gasteiger partial charge on any atom is -0.380 e. The molecule has 0 fully saturated rings. The Morgan fingerprint density at radius 2 is 1.67 bits per heavy atom. The molecule has 0 spiro atoms. The second kappa shape index (κ2) is 5.63. The summed E-state index contributed by atoms with van der Waals surface area (Å²) in [6, 6.07) is 13.0. The zero-order chi connectivity index (χ0) is 13.0. The summed E-state index contributed by atoms with van der Waals surface area (Å²) in [6.45, 7) is 1.97. The smallest absolute Gasteiger partial charge is 0.146 e. The molecular weight excluding hydrogens is 232 g/mol. The summed E-state index contributed by atoms with van der Waals surface area (Å²) in [4.78, 5) is 0. The molecule has 2 aromatic rings. The number of para-hydroxylation sites is 1. The molecule has 0 aliphatic carbocycles. The van der Waals surface area contributed by atoms with E-state index in [9.17, 15) is 8.78 Å². The SMILES string of the molecule is CC(Cc1ccc(F)cc1)Nc1ccccc1F. The maximum atomic E-state index is 13.4. The van der Waals surface area contributed by atoms with Crippen molar-refractivity contribution in [3.8, 4) is 0 Å².